The zero-order valence-electron chi connectivity index (χ0n) is 10.0. The summed E-state index contributed by atoms with van der Waals surface area (Å²) in [7, 11) is 2.02. The van der Waals surface area contributed by atoms with Crippen LogP contribution in [-0.4, -0.2) is 24.7 Å². The van der Waals surface area contributed by atoms with Gasteiger partial charge in [0.1, 0.15) is 0 Å². The van der Waals surface area contributed by atoms with E-state index in [1.54, 1.807) is 12.1 Å². The number of nitrogens with zero attached hydrogens (tertiary/aromatic N) is 1. The van der Waals surface area contributed by atoms with E-state index in [2.05, 4.69) is 4.90 Å². The monoisotopic (exact) mass is 234 g/mol. The van der Waals surface area contributed by atoms with Gasteiger partial charge in [0.2, 0.25) is 0 Å². The Morgan fingerprint density at radius 3 is 2.71 bits per heavy atom. The Balaban J connectivity index is 2.10. The summed E-state index contributed by atoms with van der Waals surface area (Å²) in [5.74, 6) is -0.198. The molecule has 0 radical (unpaired) electrons. The summed E-state index contributed by atoms with van der Waals surface area (Å²) in [6, 6.07) is 5.13. The Hall–Kier alpha value is -1.71. The molecule has 0 bridgehead atoms. The van der Waals surface area contributed by atoms with Crippen molar-refractivity contribution in [2.24, 2.45) is 5.92 Å². The largest absolute Gasteiger partial charge is 0.478 e. The van der Waals surface area contributed by atoms with Crippen LogP contribution in [-0.2, 0) is 0 Å². The average Bonchev–Trinajstić information content (AvgIpc) is 2.22. The SMILES string of the molecule is CN(CC1CCC1)c1ccc(C(=O)O)c(N)c1. The number of carbonyl (C=O) groups is 1. The van der Waals surface area contributed by atoms with E-state index in [4.69, 9.17) is 10.8 Å². The number of carboxylic acids is 1. The van der Waals surface area contributed by atoms with E-state index in [0.717, 1.165) is 18.2 Å². The molecular weight excluding hydrogens is 216 g/mol. The molecule has 4 nitrogen and oxygen atoms in total. The first-order valence-electron chi connectivity index (χ1n) is 5.92. The average molecular weight is 234 g/mol. The lowest BCUT2D eigenvalue weighted by Gasteiger charge is -2.31. The van der Waals surface area contributed by atoms with E-state index in [0.29, 0.717) is 5.69 Å². The van der Waals surface area contributed by atoms with E-state index in [1.165, 1.54) is 19.3 Å². The molecule has 1 aromatic rings. The third kappa shape index (κ3) is 2.52. The molecule has 3 N–H and O–H groups in total. The van der Waals surface area contributed by atoms with Gasteiger partial charge >= 0.3 is 5.97 Å². The first-order chi connectivity index (χ1) is 8.08. The Kier molecular flexibility index (Phi) is 3.22. The molecule has 0 atom stereocenters. The second kappa shape index (κ2) is 4.65. The third-order valence-corrected chi connectivity index (χ3v) is 3.46. The van der Waals surface area contributed by atoms with Gasteiger partial charge in [-0.25, -0.2) is 4.79 Å². The summed E-state index contributed by atoms with van der Waals surface area (Å²) in [4.78, 5) is 13.0. The molecule has 0 amide bonds. The minimum Gasteiger partial charge on any atom is -0.478 e. The van der Waals surface area contributed by atoms with Crippen LogP contribution in [0.5, 0.6) is 0 Å². The van der Waals surface area contributed by atoms with Crippen LogP contribution >= 0.6 is 0 Å². The third-order valence-electron chi connectivity index (χ3n) is 3.46. The maximum Gasteiger partial charge on any atom is 0.337 e. The Morgan fingerprint density at radius 2 is 2.24 bits per heavy atom. The van der Waals surface area contributed by atoms with Crippen molar-refractivity contribution in [1.29, 1.82) is 0 Å². The van der Waals surface area contributed by atoms with Crippen molar-refractivity contribution in [3.05, 3.63) is 23.8 Å². The molecule has 1 saturated carbocycles. The molecule has 1 aromatic carbocycles. The first kappa shape index (κ1) is 11.8. The lowest BCUT2D eigenvalue weighted by Crippen LogP contribution is -2.29. The number of nitrogen functional groups attached to an aromatic ring is 1. The van der Waals surface area contributed by atoms with Crippen LogP contribution in [0.3, 0.4) is 0 Å². The summed E-state index contributed by atoms with van der Waals surface area (Å²) >= 11 is 0. The van der Waals surface area contributed by atoms with E-state index in [-0.39, 0.29) is 5.56 Å². The summed E-state index contributed by atoms with van der Waals surface area (Å²) in [5.41, 5.74) is 7.22. The Labute approximate surface area is 101 Å². The zero-order valence-corrected chi connectivity index (χ0v) is 10.0. The highest BCUT2D eigenvalue weighted by atomic mass is 16.4. The van der Waals surface area contributed by atoms with Crippen LogP contribution in [0.1, 0.15) is 29.6 Å². The minimum absolute atomic E-state index is 0.172. The van der Waals surface area contributed by atoms with Gasteiger partial charge in [0.25, 0.3) is 0 Å². The molecule has 1 aliphatic carbocycles. The lowest BCUT2D eigenvalue weighted by molar-refractivity contribution is 0.0698. The molecule has 92 valence electrons. The Morgan fingerprint density at radius 1 is 1.53 bits per heavy atom. The minimum atomic E-state index is -0.976. The van der Waals surface area contributed by atoms with Gasteiger partial charge in [0, 0.05) is 25.0 Å². The summed E-state index contributed by atoms with van der Waals surface area (Å²) in [6.07, 6.45) is 3.93. The number of rotatable bonds is 4. The predicted molar refractivity (Wildman–Crippen MR) is 68.4 cm³/mol. The van der Waals surface area contributed by atoms with Gasteiger partial charge in [0.15, 0.2) is 0 Å². The highest BCUT2D eigenvalue weighted by Gasteiger charge is 2.19. The van der Waals surface area contributed by atoms with E-state index in [1.807, 2.05) is 13.1 Å². The van der Waals surface area contributed by atoms with Crippen molar-refractivity contribution in [1.82, 2.24) is 0 Å². The van der Waals surface area contributed by atoms with Gasteiger partial charge in [-0.2, -0.15) is 0 Å². The molecule has 0 aromatic heterocycles. The summed E-state index contributed by atoms with van der Waals surface area (Å²) < 4.78 is 0. The van der Waals surface area contributed by atoms with Crippen molar-refractivity contribution in [3.63, 3.8) is 0 Å². The molecule has 0 spiro atoms. The molecule has 2 rings (SSSR count). The smallest absolute Gasteiger partial charge is 0.337 e. The van der Waals surface area contributed by atoms with Gasteiger partial charge in [-0.3, -0.25) is 0 Å². The van der Waals surface area contributed by atoms with E-state index in [9.17, 15) is 4.79 Å². The van der Waals surface area contributed by atoms with Crippen LogP contribution in [0.15, 0.2) is 18.2 Å². The fraction of sp³-hybridized carbons (Fsp3) is 0.462. The van der Waals surface area contributed by atoms with Gasteiger partial charge in [-0.1, -0.05) is 6.42 Å². The second-order valence-electron chi connectivity index (χ2n) is 4.75. The number of carboxylic acid groups (broad SMARTS) is 1. The molecule has 0 saturated heterocycles. The lowest BCUT2D eigenvalue weighted by atomic mass is 9.85. The van der Waals surface area contributed by atoms with Crippen LogP contribution in [0.4, 0.5) is 11.4 Å². The van der Waals surface area contributed by atoms with Crippen LogP contribution < -0.4 is 10.6 Å². The van der Waals surface area contributed by atoms with Crippen molar-refractivity contribution < 1.29 is 9.90 Å². The van der Waals surface area contributed by atoms with Gasteiger partial charge in [0.05, 0.1) is 5.56 Å². The molecule has 0 unspecified atom stereocenters. The standard InChI is InChI=1S/C13H18N2O2/c1-15(8-9-3-2-4-9)10-5-6-11(13(16)17)12(14)7-10/h5-7,9H,2-4,8,14H2,1H3,(H,16,17). The Bertz CT molecular complexity index is 427. The number of hydrogen-bond acceptors (Lipinski definition) is 3. The summed E-state index contributed by atoms with van der Waals surface area (Å²) in [6.45, 7) is 1.02. The van der Waals surface area contributed by atoms with E-state index < -0.39 is 5.97 Å². The molecular formula is C13H18N2O2. The molecule has 1 fully saturated rings. The maximum atomic E-state index is 10.8. The normalized spacial score (nSPS) is 15.4. The van der Waals surface area contributed by atoms with Gasteiger partial charge < -0.3 is 15.7 Å². The number of anilines is 2. The number of benzene rings is 1. The molecule has 0 heterocycles. The van der Waals surface area contributed by atoms with Crippen LogP contribution in [0.2, 0.25) is 0 Å². The first-order valence-corrected chi connectivity index (χ1v) is 5.92. The van der Waals surface area contributed by atoms with E-state index >= 15 is 0 Å². The molecule has 1 aliphatic rings. The van der Waals surface area contributed by atoms with Crippen molar-refractivity contribution in [2.45, 2.75) is 19.3 Å². The summed E-state index contributed by atoms with van der Waals surface area (Å²) in [5, 5.41) is 8.89. The maximum absolute atomic E-state index is 10.8. The van der Waals surface area contributed by atoms with Gasteiger partial charge in [-0.15, -0.1) is 0 Å². The highest BCUT2D eigenvalue weighted by molar-refractivity contribution is 5.94. The molecule has 4 heteroatoms. The fourth-order valence-electron chi connectivity index (χ4n) is 2.15. The fourth-order valence-corrected chi connectivity index (χ4v) is 2.15. The van der Waals surface area contributed by atoms with Crippen molar-refractivity contribution in [3.8, 4) is 0 Å². The predicted octanol–water partition coefficient (Wildman–Crippen LogP) is 2.20. The second-order valence-corrected chi connectivity index (χ2v) is 4.75. The highest BCUT2D eigenvalue weighted by Crippen LogP contribution is 2.29. The number of aromatic carboxylic acids is 1. The number of hydrogen-bond donors (Lipinski definition) is 2. The van der Waals surface area contributed by atoms with Crippen LogP contribution in [0, 0.1) is 5.92 Å². The quantitative estimate of drug-likeness (QED) is 0.784. The van der Waals surface area contributed by atoms with Crippen molar-refractivity contribution >= 4 is 17.3 Å². The van der Waals surface area contributed by atoms with Gasteiger partial charge in [-0.05, 0) is 37.0 Å². The van der Waals surface area contributed by atoms with Crippen LogP contribution in [0.25, 0.3) is 0 Å². The zero-order chi connectivity index (χ0) is 12.4. The topological polar surface area (TPSA) is 66.6 Å². The number of nitrogens with two attached hydrogens (primary N) is 1. The molecule has 17 heavy (non-hydrogen) atoms. The molecule has 0 aliphatic heterocycles. The van der Waals surface area contributed by atoms with Crippen molar-refractivity contribution in [2.75, 3.05) is 24.2 Å².